The molecule has 1 aliphatic heterocycles. The Bertz CT molecular complexity index is 600. The molecule has 24 heavy (non-hydrogen) atoms. The second kappa shape index (κ2) is 6.27. The van der Waals surface area contributed by atoms with Crippen molar-refractivity contribution in [2.24, 2.45) is 0 Å². The van der Waals surface area contributed by atoms with Crippen LogP contribution >= 0.6 is 0 Å². The highest BCUT2D eigenvalue weighted by Gasteiger charge is 2.38. The highest BCUT2D eigenvalue weighted by Crippen LogP contribution is 2.37. The van der Waals surface area contributed by atoms with Gasteiger partial charge in [-0.15, -0.1) is 0 Å². The molecule has 1 aromatic rings. The van der Waals surface area contributed by atoms with Crippen molar-refractivity contribution in [3.05, 3.63) is 35.4 Å². The molecule has 0 atom stereocenters. The summed E-state index contributed by atoms with van der Waals surface area (Å²) in [4.78, 5) is 13.5. The van der Waals surface area contributed by atoms with Crippen molar-refractivity contribution in [2.75, 3.05) is 13.1 Å². The van der Waals surface area contributed by atoms with Crippen molar-refractivity contribution in [3.8, 4) is 0 Å². The van der Waals surface area contributed by atoms with E-state index in [0.717, 1.165) is 12.1 Å². The molecule has 1 N–H and O–H groups in total. The van der Waals surface area contributed by atoms with Gasteiger partial charge in [-0.1, -0.05) is 12.1 Å². The molecule has 0 unspecified atom stereocenters. The average molecular weight is 345 g/mol. The minimum atomic E-state index is -4.45. The summed E-state index contributed by atoms with van der Waals surface area (Å²) < 4.78 is 43.8. The number of hydrogen-bond donors (Lipinski definition) is 1. The maximum Gasteiger partial charge on any atom is 0.416 e. The summed E-state index contributed by atoms with van der Waals surface area (Å²) >= 11 is 0. The van der Waals surface area contributed by atoms with Gasteiger partial charge in [-0.05, 0) is 51.3 Å². The van der Waals surface area contributed by atoms with Crippen LogP contribution in [0.1, 0.15) is 44.7 Å². The van der Waals surface area contributed by atoms with Crippen LogP contribution in [0.2, 0.25) is 0 Å². The van der Waals surface area contributed by atoms with E-state index in [9.17, 15) is 23.1 Å². The molecule has 0 bridgehead atoms. The molecule has 4 nitrogen and oxygen atoms in total. The van der Waals surface area contributed by atoms with Gasteiger partial charge in [0, 0.05) is 13.1 Å². The third-order valence-electron chi connectivity index (χ3n) is 3.97. The molecule has 1 fully saturated rings. The van der Waals surface area contributed by atoms with E-state index in [4.69, 9.17) is 4.74 Å². The molecule has 1 amide bonds. The molecule has 0 radical (unpaired) electrons. The van der Waals surface area contributed by atoms with E-state index >= 15 is 0 Å². The van der Waals surface area contributed by atoms with Crippen LogP contribution in [0.3, 0.4) is 0 Å². The number of carbonyl (C=O) groups excluding carboxylic acids is 1. The van der Waals surface area contributed by atoms with Crippen LogP contribution < -0.4 is 0 Å². The normalized spacial score (nSPS) is 18.4. The number of piperidine rings is 1. The second-order valence-corrected chi connectivity index (χ2v) is 7.08. The van der Waals surface area contributed by atoms with Gasteiger partial charge in [0.1, 0.15) is 5.60 Å². The number of aliphatic hydroxyl groups is 1. The second-order valence-electron chi connectivity index (χ2n) is 7.08. The lowest BCUT2D eigenvalue weighted by Gasteiger charge is -2.39. The van der Waals surface area contributed by atoms with Crippen LogP contribution in [0.25, 0.3) is 0 Å². The lowest BCUT2D eigenvalue weighted by molar-refractivity contribution is -0.137. The van der Waals surface area contributed by atoms with Crippen LogP contribution in [-0.4, -0.2) is 34.8 Å². The Balaban J connectivity index is 2.09. The number of halogens is 3. The Morgan fingerprint density at radius 1 is 1.21 bits per heavy atom. The predicted octanol–water partition coefficient (Wildman–Crippen LogP) is 3.92. The summed E-state index contributed by atoms with van der Waals surface area (Å²) in [5.74, 6) is 0. The molecule has 134 valence electrons. The van der Waals surface area contributed by atoms with Gasteiger partial charge in [0.25, 0.3) is 0 Å². The number of carbonyl (C=O) groups is 1. The van der Waals surface area contributed by atoms with Crippen molar-refractivity contribution in [2.45, 2.75) is 51.0 Å². The highest BCUT2D eigenvalue weighted by molar-refractivity contribution is 5.68. The van der Waals surface area contributed by atoms with Crippen molar-refractivity contribution in [1.82, 2.24) is 4.90 Å². The minimum Gasteiger partial charge on any atom is -0.444 e. The van der Waals surface area contributed by atoms with E-state index in [0.29, 0.717) is 0 Å². The molecular formula is C17H22F3NO3. The Labute approximate surface area is 139 Å². The van der Waals surface area contributed by atoms with Crippen LogP contribution in [0.15, 0.2) is 24.3 Å². The van der Waals surface area contributed by atoms with Crippen molar-refractivity contribution in [3.63, 3.8) is 0 Å². The van der Waals surface area contributed by atoms with Crippen LogP contribution in [0.5, 0.6) is 0 Å². The first-order valence-corrected chi connectivity index (χ1v) is 7.79. The third kappa shape index (κ3) is 4.41. The van der Waals surface area contributed by atoms with Crippen LogP contribution in [0.4, 0.5) is 18.0 Å². The lowest BCUT2D eigenvalue weighted by atomic mass is 9.84. The monoisotopic (exact) mass is 345 g/mol. The molecular weight excluding hydrogens is 323 g/mol. The number of likely N-dealkylation sites (tertiary alicyclic amines) is 1. The fraction of sp³-hybridized carbons (Fsp3) is 0.588. The molecule has 1 heterocycles. The molecule has 0 aromatic heterocycles. The summed E-state index contributed by atoms with van der Waals surface area (Å²) in [6, 6.07) is 4.72. The van der Waals surface area contributed by atoms with E-state index < -0.39 is 29.0 Å². The summed E-state index contributed by atoms with van der Waals surface area (Å²) in [5, 5.41) is 10.7. The molecule has 7 heteroatoms. The first kappa shape index (κ1) is 18.6. The number of ether oxygens (including phenoxy) is 1. The van der Waals surface area contributed by atoms with Gasteiger partial charge >= 0.3 is 12.3 Å². The Morgan fingerprint density at radius 3 is 2.29 bits per heavy atom. The van der Waals surface area contributed by atoms with E-state index in [-0.39, 0.29) is 31.5 Å². The van der Waals surface area contributed by atoms with Gasteiger partial charge in [-0.25, -0.2) is 4.79 Å². The van der Waals surface area contributed by atoms with Gasteiger partial charge in [0.15, 0.2) is 0 Å². The maximum atomic E-state index is 12.8. The Kier molecular flexibility index (Phi) is 4.86. The van der Waals surface area contributed by atoms with Gasteiger partial charge in [0.05, 0.1) is 11.2 Å². The van der Waals surface area contributed by atoms with E-state index in [1.165, 1.54) is 17.0 Å². The molecule has 1 saturated heterocycles. The average Bonchev–Trinajstić information content (AvgIpc) is 2.45. The third-order valence-corrected chi connectivity index (χ3v) is 3.97. The minimum absolute atomic E-state index is 0.160. The summed E-state index contributed by atoms with van der Waals surface area (Å²) in [7, 11) is 0. The number of benzene rings is 1. The van der Waals surface area contributed by atoms with Gasteiger partial charge in [0.2, 0.25) is 0 Å². The maximum absolute atomic E-state index is 12.8. The number of hydrogen-bond acceptors (Lipinski definition) is 3. The summed E-state index contributed by atoms with van der Waals surface area (Å²) in [5.41, 5.74) is -2.56. The molecule has 1 aliphatic rings. The fourth-order valence-corrected chi connectivity index (χ4v) is 2.66. The molecule has 0 spiro atoms. The highest BCUT2D eigenvalue weighted by atomic mass is 19.4. The number of amides is 1. The Morgan fingerprint density at radius 2 is 1.79 bits per heavy atom. The zero-order valence-electron chi connectivity index (χ0n) is 14.0. The smallest absolute Gasteiger partial charge is 0.416 e. The van der Waals surface area contributed by atoms with Gasteiger partial charge in [-0.2, -0.15) is 13.2 Å². The topological polar surface area (TPSA) is 49.8 Å². The van der Waals surface area contributed by atoms with E-state index in [1.54, 1.807) is 20.8 Å². The zero-order chi connectivity index (χ0) is 18.2. The lowest BCUT2D eigenvalue weighted by Crippen LogP contribution is -2.46. The number of alkyl halides is 3. The van der Waals surface area contributed by atoms with Crippen LogP contribution in [-0.2, 0) is 16.5 Å². The predicted molar refractivity (Wildman–Crippen MR) is 82.4 cm³/mol. The number of nitrogens with zero attached hydrogens (tertiary/aromatic N) is 1. The zero-order valence-corrected chi connectivity index (χ0v) is 14.0. The summed E-state index contributed by atoms with van der Waals surface area (Å²) in [6.45, 7) is 5.72. The van der Waals surface area contributed by atoms with Crippen molar-refractivity contribution < 1.29 is 27.8 Å². The first-order chi connectivity index (χ1) is 10.9. The standard InChI is InChI=1S/C17H22F3NO3/c1-15(2,3)24-14(22)21-9-7-16(23,8-10-21)12-5-4-6-13(11-12)17(18,19)20/h4-6,11,23H,7-10H2,1-3H3. The molecule has 0 aliphatic carbocycles. The number of rotatable bonds is 1. The molecule has 0 saturated carbocycles. The van der Waals surface area contributed by atoms with Crippen LogP contribution in [0, 0.1) is 0 Å². The fourth-order valence-electron chi connectivity index (χ4n) is 2.66. The van der Waals surface area contributed by atoms with Crippen molar-refractivity contribution >= 4 is 6.09 Å². The quantitative estimate of drug-likeness (QED) is 0.839. The SMILES string of the molecule is CC(C)(C)OC(=O)N1CCC(O)(c2cccc(C(F)(F)F)c2)CC1. The first-order valence-electron chi connectivity index (χ1n) is 7.79. The van der Waals surface area contributed by atoms with Gasteiger partial charge in [-0.3, -0.25) is 0 Å². The van der Waals surface area contributed by atoms with E-state index in [1.807, 2.05) is 0 Å². The summed E-state index contributed by atoms with van der Waals surface area (Å²) in [6.07, 6.45) is -4.61. The molecule has 2 rings (SSSR count). The largest absolute Gasteiger partial charge is 0.444 e. The van der Waals surface area contributed by atoms with Gasteiger partial charge < -0.3 is 14.7 Å². The van der Waals surface area contributed by atoms with Crippen molar-refractivity contribution in [1.29, 1.82) is 0 Å². The van der Waals surface area contributed by atoms with E-state index in [2.05, 4.69) is 0 Å². The Hall–Kier alpha value is -1.76. The molecule has 1 aromatic carbocycles.